The van der Waals surface area contributed by atoms with Gasteiger partial charge in [0.05, 0.1) is 22.8 Å². The molecule has 2 aromatic carbocycles. The summed E-state index contributed by atoms with van der Waals surface area (Å²) in [7, 11) is 0. The van der Waals surface area contributed by atoms with Crippen molar-refractivity contribution in [3.05, 3.63) is 95.8 Å². The second-order valence-corrected chi connectivity index (χ2v) is 8.19. The quantitative estimate of drug-likeness (QED) is 0.429. The maximum absolute atomic E-state index is 12.7. The molecule has 0 bridgehead atoms. The first-order valence-electron chi connectivity index (χ1n) is 8.84. The summed E-state index contributed by atoms with van der Waals surface area (Å²) in [6.45, 7) is 0.568. The number of carboxylic acids is 1. The zero-order chi connectivity index (χ0) is 21.8. The van der Waals surface area contributed by atoms with E-state index in [0.717, 1.165) is 5.56 Å². The normalized spacial score (nSPS) is 10.8. The van der Waals surface area contributed by atoms with Crippen molar-refractivity contribution in [3.63, 3.8) is 0 Å². The third-order valence-electron chi connectivity index (χ3n) is 4.45. The maximum Gasteiger partial charge on any atom is 0.335 e. The van der Waals surface area contributed by atoms with E-state index in [4.69, 9.17) is 51.5 Å². The third-order valence-corrected chi connectivity index (χ3v) is 5.49. The van der Waals surface area contributed by atoms with Gasteiger partial charge in [-0.05, 0) is 48.4 Å². The molecule has 0 saturated heterocycles. The van der Waals surface area contributed by atoms with Crippen LogP contribution < -0.4 is 10.9 Å². The molecule has 1 heterocycles. The van der Waals surface area contributed by atoms with Gasteiger partial charge in [0.15, 0.2) is 0 Å². The monoisotopic (exact) mass is 484 g/mol. The van der Waals surface area contributed by atoms with E-state index in [0.29, 0.717) is 39.4 Å². The molecule has 2 N–H and O–H groups in total. The van der Waals surface area contributed by atoms with Crippen molar-refractivity contribution in [2.45, 2.75) is 19.5 Å². The van der Waals surface area contributed by atoms with Crippen LogP contribution in [0.25, 0.3) is 0 Å². The topological polar surface area (TPSA) is 71.3 Å². The van der Waals surface area contributed by atoms with Gasteiger partial charge in [-0.2, -0.15) is 0 Å². The summed E-state index contributed by atoms with van der Waals surface area (Å²) in [5, 5.41) is 13.5. The zero-order valence-corrected chi connectivity index (χ0v) is 18.5. The predicted molar refractivity (Wildman–Crippen MR) is 122 cm³/mol. The molecule has 0 unspecified atom stereocenters. The largest absolute Gasteiger partial charge is 0.478 e. The fourth-order valence-corrected chi connectivity index (χ4v) is 4.02. The fourth-order valence-electron chi connectivity index (χ4n) is 2.95. The van der Waals surface area contributed by atoms with Crippen LogP contribution in [-0.2, 0) is 19.5 Å². The number of nitrogens with one attached hydrogen (secondary N) is 1. The molecule has 0 aliphatic rings. The van der Waals surface area contributed by atoms with E-state index in [-0.39, 0.29) is 22.7 Å². The van der Waals surface area contributed by atoms with Crippen LogP contribution in [0.2, 0.25) is 20.1 Å². The van der Waals surface area contributed by atoms with Crippen molar-refractivity contribution >= 4 is 58.1 Å². The van der Waals surface area contributed by atoms with Gasteiger partial charge in [-0.25, -0.2) is 4.79 Å². The van der Waals surface area contributed by atoms with E-state index in [1.807, 2.05) is 0 Å². The number of halogens is 4. The number of hydrogen-bond donors (Lipinski definition) is 2. The van der Waals surface area contributed by atoms with Crippen molar-refractivity contribution < 1.29 is 9.90 Å². The lowest BCUT2D eigenvalue weighted by atomic mass is 10.1. The molecule has 156 valence electrons. The molecule has 0 spiro atoms. The molecule has 30 heavy (non-hydrogen) atoms. The standard InChI is InChI=1S/C21H16Cl4N2O3/c22-14-7-15(23)9-16(8-14)26-11-19-17(24)10-18(25)20(28)27(19)6-5-12-1-3-13(4-2-12)21(29)30/h1-4,7-10,26H,5-6,11H2,(H,29,30). The fraction of sp³-hybridized carbons (Fsp3) is 0.143. The highest BCUT2D eigenvalue weighted by molar-refractivity contribution is 6.35. The van der Waals surface area contributed by atoms with Crippen molar-refractivity contribution in [3.8, 4) is 0 Å². The first kappa shape index (κ1) is 22.5. The van der Waals surface area contributed by atoms with Gasteiger partial charge in [-0.3, -0.25) is 4.79 Å². The van der Waals surface area contributed by atoms with Crippen molar-refractivity contribution in [2.24, 2.45) is 0 Å². The van der Waals surface area contributed by atoms with Gasteiger partial charge in [-0.1, -0.05) is 58.5 Å². The molecular weight excluding hydrogens is 470 g/mol. The predicted octanol–water partition coefficient (Wildman–Crippen LogP) is 6.01. The van der Waals surface area contributed by atoms with Gasteiger partial charge in [0, 0.05) is 22.3 Å². The summed E-state index contributed by atoms with van der Waals surface area (Å²) in [4.78, 5) is 23.6. The van der Waals surface area contributed by atoms with Crippen LogP contribution in [0.15, 0.2) is 53.3 Å². The summed E-state index contributed by atoms with van der Waals surface area (Å²) >= 11 is 24.5. The van der Waals surface area contributed by atoms with Crippen LogP contribution in [0.3, 0.4) is 0 Å². The van der Waals surface area contributed by atoms with Crippen LogP contribution in [0.1, 0.15) is 21.6 Å². The number of carbonyl (C=O) groups is 1. The minimum absolute atomic E-state index is 0.0239. The number of nitrogens with zero attached hydrogens (tertiary/aromatic N) is 1. The number of aromatic carboxylic acids is 1. The van der Waals surface area contributed by atoms with Crippen molar-refractivity contribution in [2.75, 3.05) is 5.32 Å². The Kier molecular flexibility index (Phi) is 7.32. The second kappa shape index (κ2) is 9.75. The van der Waals surface area contributed by atoms with Crippen LogP contribution in [0.4, 0.5) is 5.69 Å². The number of rotatable bonds is 7. The van der Waals surface area contributed by atoms with Gasteiger partial charge >= 0.3 is 5.97 Å². The summed E-state index contributed by atoms with van der Waals surface area (Å²) in [5.74, 6) is -0.992. The Labute approximate surface area is 192 Å². The first-order valence-corrected chi connectivity index (χ1v) is 10.4. The smallest absolute Gasteiger partial charge is 0.335 e. The lowest BCUT2D eigenvalue weighted by Gasteiger charge is -2.17. The minimum Gasteiger partial charge on any atom is -0.478 e. The number of carboxylic acid groups (broad SMARTS) is 1. The van der Waals surface area contributed by atoms with Crippen LogP contribution in [0.5, 0.6) is 0 Å². The molecule has 9 heteroatoms. The lowest BCUT2D eigenvalue weighted by molar-refractivity contribution is 0.0697. The molecule has 0 aliphatic carbocycles. The summed E-state index contributed by atoms with van der Waals surface area (Å²) in [6.07, 6.45) is 0.493. The van der Waals surface area contributed by atoms with E-state index >= 15 is 0 Å². The number of aryl methyl sites for hydroxylation is 1. The number of aromatic nitrogens is 1. The summed E-state index contributed by atoms with van der Waals surface area (Å²) in [5.41, 5.74) is 1.96. The number of benzene rings is 2. The Morgan fingerprint density at radius 1 is 0.933 bits per heavy atom. The van der Waals surface area contributed by atoms with Gasteiger partial charge in [0.25, 0.3) is 5.56 Å². The van der Waals surface area contributed by atoms with E-state index in [1.54, 1.807) is 30.3 Å². The van der Waals surface area contributed by atoms with Crippen molar-refractivity contribution in [1.29, 1.82) is 0 Å². The SMILES string of the molecule is O=C(O)c1ccc(CCn2c(CNc3cc(Cl)cc(Cl)c3)c(Cl)cc(Cl)c2=O)cc1. The molecular formula is C21H16Cl4N2O3. The third kappa shape index (κ3) is 5.49. The van der Waals surface area contributed by atoms with Crippen molar-refractivity contribution in [1.82, 2.24) is 4.57 Å². The summed E-state index contributed by atoms with van der Waals surface area (Å²) in [6, 6.07) is 12.9. The maximum atomic E-state index is 12.7. The van der Waals surface area contributed by atoms with Gasteiger partial charge in [0.2, 0.25) is 0 Å². The number of hydrogen-bond acceptors (Lipinski definition) is 3. The average Bonchev–Trinajstić information content (AvgIpc) is 2.68. The molecule has 0 atom stereocenters. The average molecular weight is 486 g/mol. The van der Waals surface area contributed by atoms with E-state index in [1.165, 1.54) is 22.8 Å². The van der Waals surface area contributed by atoms with Gasteiger partial charge in [0.1, 0.15) is 5.02 Å². The van der Waals surface area contributed by atoms with E-state index in [2.05, 4.69) is 5.32 Å². The number of pyridine rings is 1. The molecule has 5 nitrogen and oxygen atoms in total. The van der Waals surface area contributed by atoms with Gasteiger partial charge < -0.3 is 15.0 Å². The molecule has 3 rings (SSSR count). The van der Waals surface area contributed by atoms with Gasteiger partial charge in [-0.15, -0.1) is 0 Å². The Morgan fingerprint density at radius 2 is 1.57 bits per heavy atom. The van der Waals surface area contributed by atoms with Crippen LogP contribution in [0, 0.1) is 0 Å². The second-order valence-electron chi connectivity index (χ2n) is 6.51. The molecule has 0 saturated carbocycles. The zero-order valence-electron chi connectivity index (χ0n) is 15.5. The van der Waals surface area contributed by atoms with Crippen LogP contribution in [-0.4, -0.2) is 15.6 Å². The molecule has 0 fully saturated rings. The Bertz CT molecular complexity index is 1120. The lowest BCUT2D eigenvalue weighted by Crippen LogP contribution is -2.26. The highest BCUT2D eigenvalue weighted by Crippen LogP contribution is 2.24. The molecule has 0 radical (unpaired) electrons. The molecule has 0 aliphatic heterocycles. The number of anilines is 1. The molecule has 1 aromatic heterocycles. The first-order chi connectivity index (χ1) is 14.2. The van der Waals surface area contributed by atoms with E-state index in [9.17, 15) is 9.59 Å². The highest BCUT2D eigenvalue weighted by atomic mass is 35.5. The highest BCUT2D eigenvalue weighted by Gasteiger charge is 2.13. The Morgan fingerprint density at radius 3 is 2.17 bits per heavy atom. The summed E-state index contributed by atoms with van der Waals surface area (Å²) < 4.78 is 1.51. The Balaban J connectivity index is 1.84. The molecule has 0 amide bonds. The van der Waals surface area contributed by atoms with Crippen LogP contribution >= 0.6 is 46.4 Å². The minimum atomic E-state index is -0.992. The Hall–Kier alpha value is -2.18. The molecule has 3 aromatic rings. The van der Waals surface area contributed by atoms with E-state index < -0.39 is 5.97 Å².